The van der Waals surface area contributed by atoms with E-state index in [1.807, 2.05) is 0 Å². The van der Waals surface area contributed by atoms with E-state index in [1.165, 1.54) is 22.5 Å². The lowest BCUT2D eigenvalue weighted by molar-refractivity contribution is -0.138. The van der Waals surface area contributed by atoms with Gasteiger partial charge in [-0.05, 0) is 56.2 Å². The van der Waals surface area contributed by atoms with Crippen molar-refractivity contribution in [3.05, 3.63) is 53.2 Å². The van der Waals surface area contributed by atoms with E-state index in [0.717, 1.165) is 12.3 Å². The maximum atomic E-state index is 13.3. The van der Waals surface area contributed by atoms with E-state index >= 15 is 0 Å². The SMILES string of the molecule is Cc1ccc(S(=O)(=O)N2CCN(c3ccc(C(F)(F)F)cn3)C(C)C2C)cc1CC(=O)O. The van der Waals surface area contributed by atoms with Crippen molar-refractivity contribution in [1.29, 1.82) is 0 Å². The van der Waals surface area contributed by atoms with E-state index < -0.39 is 33.8 Å². The van der Waals surface area contributed by atoms with E-state index in [4.69, 9.17) is 5.11 Å². The first kappa shape index (κ1) is 24.0. The predicted molar refractivity (Wildman–Crippen MR) is 112 cm³/mol. The maximum absolute atomic E-state index is 13.3. The van der Waals surface area contributed by atoms with Gasteiger partial charge >= 0.3 is 12.1 Å². The first-order chi connectivity index (χ1) is 14.8. The summed E-state index contributed by atoms with van der Waals surface area (Å²) in [5.41, 5.74) is 0.262. The molecule has 2 atom stereocenters. The molecular formula is C21H24F3N3O4S. The Morgan fingerprint density at radius 1 is 1.16 bits per heavy atom. The summed E-state index contributed by atoms with van der Waals surface area (Å²) in [6, 6.07) is 5.82. The first-order valence-corrected chi connectivity index (χ1v) is 11.4. The summed E-state index contributed by atoms with van der Waals surface area (Å²) in [6.07, 6.45) is -3.99. The number of aliphatic carboxylic acids is 1. The van der Waals surface area contributed by atoms with Gasteiger partial charge in [0.1, 0.15) is 5.82 Å². The van der Waals surface area contributed by atoms with E-state index in [2.05, 4.69) is 4.98 Å². The topological polar surface area (TPSA) is 90.8 Å². The summed E-state index contributed by atoms with van der Waals surface area (Å²) in [5, 5.41) is 9.08. The number of aromatic nitrogens is 1. The van der Waals surface area contributed by atoms with Crippen LogP contribution < -0.4 is 4.90 Å². The second-order valence-corrected chi connectivity index (χ2v) is 9.74. The van der Waals surface area contributed by atoms with Gasteiger partial charge in [0.05, 0.1) is 16.9 Å². The van der Waals surface area contributed by atoms with Crippen molar-refractivity contribution in [2.45, 2.75) is 50.3 Å². The number of sulfonamides is 1. The van der Waals surface area contributed by atoms with Crippen molar-refractivity contribution in [3.8, 4) is 0 Å². The molecule has 0 saturated carbocycles. The highest BCUT2D eigenvalue weighted by Gasteiger charge is 2.39. The number of hydrogen-bond acceptors (Lipinski definition) is 5. The molecule has 1 aromatic carbocycles. The fourth-order valence-corrected chi connectivity index (χ4v) is 5.54. The monoisotopic (exact) mass is 471 g/mol. The summed E-state index contributed by atoms with van der Waals surface area (Å²) in [7, 11) is -3.91. The van der Waals surface area contributed by atoms with E-state index in [0.29, 0.717) is 16.9 Å². The van der Waals surface area contributed by atoms with Crippen LogP contribution in [0.25, 0.3) is 0 Å². The Bertz CT molecular complexity index is 1100. The number of hydrogen-bond donors (Lipinski definition) is 1. The van der Waals surface area contributed by atoms with Gasteiger partial charge in [0.25, 0.3) is 0 Å². The van der Waals surface area contributed by atoms with Crippen LogP contribution in [0.5, 0.6) is 0 Å². The molecule has 174 valence electrons. The lowest BCUT2D eigenvalue weighted by Gasteiger charge is -2.44. The molecule has 0 bridgehead atoms. The van der Waals surface area contributed by atoms with Crippen molar-refractivity contribution in [3.63, 3.8) is 0 Å². The number of carboxylic acids is 1. The molecule has 32 heavy (non-hydrogen) atoms. The first-order valence-electron chi connectivity index (χ1n) is 9.95. The van der Waals surface area contributed by atoms with Crippen LogP contribution in [0, 0.1) is 6.92 Å². The summed E-state index contributed by atoms with van der Waals surface area (Å²) in [5.74, 6) is -0.712. The number of piperazine rings is 1. The number of benzene rings is 1. The van der Waals surface area contributed by atoms with Crippen LogP contribution in [0.4, 0.5) is 19.0 Å². The third-order valence-electron chi connectivity index (χ3n) is 5.84. The van der Waals surface area contributed by atoms with Crippen LogP contribution in [-0.2, 0) is 27.4 Å². The zero-order valence-corrected chi connectivity index (χ0v) is 18.6. The van der Waals surface area contributed by atoms with Crippen molar-refractivity contribution < 1.29 is 31.5 Å². The smallest absolute Gasteiger partial charge is 0.417 e. The minimum atomic E-state index is -4.48. The number of carboxylic acid groups (broad SMARTS) is 1. The van der Waals surface area contributed by atoms with Crippen LogP contribution in [0.15, 0.2) is 41.4 Å². The highest BCUT2D eigenvalue weighted by Crippen LogP contribution is 2.32. The van der Waals surface area contributed by atoms with Crippen LogP contribution in [0.2, 0.25) is 0 Å². The van der Waals surface area contributed by atoms with Gasteiger partial charge in [-0.15, -0.1) is 0 Å². The molecule has 1 aromatic heterocycles. The van der Waals surface area contributed by atoms with Gasteiger partial charge in [-0.25, -0.2) is 13.4 Å². The summed E-state index contributed by atoms with van der Waals surface area (Å²) in [4.78, 5) is 16.8. The highest BCUT2D eigenvalue weighted by atomic mass is 32.2. The minimum Gasteiger partial charge on any atom is -0.481 e. The zero-order valence-electron chi connectivity index (χ0n) is 17.8. The van der Waals surface area contributed by atoms with Crippen LogP contribution in [-0.4, -0.2) is 54.0 Å². The number of alkyl halides is 3. The maximum Gasteiger partial charge on any atom is 0.417 e. The Labute approximate surface area is 184 Å². The molecule has 1 aliphatic rings. The van der Waals surface area contributed by atoms with Crippen molar-refractivity contribution in [2.75, 3.05) is 18.0 Å². The molecule has 3 rings (SSSR count). The molecule has 0 radical (unpaired) electrons. The molecule has 11 heteroatoms. The fraction of sp³-hybridized carbons (Fsp3) is 0.429. The Kier molecular flexibility index (Phi) is 6.52. The predicted octanol–water partition coefficient (Wildman–Crippen LogP) is 3.32. The van der Waals surface area contributed by atoms with Crippen LogP contribution in [0.1, 0.15) is 30.5 Å². The molecule has 0 spiro atoms. The van der Waals surface area contributed by atoms with Crippen LogP contribution >= 0.6 is 0 Å². The largest absolute Gasteiger partial charge is 0.481 e. The minimum absolute atomic E-state index is 0.0134. The Hall–Kier alpha value is -2.66. The van der Waals surface area contributed by atoms with Gasteiger partial charge in [-0.2, -0.15) is 17.5 Å². The quantitative estimate of drug-likeness (QED) is 0.720. The number of pyridine rings is 1. The number of anilines is 1. The average Bonchev–Trinajstić information content (AvgIpc) is 2.70. The Morgan fingerprint density at radius 3 is 2.41 bits per heavy atom. The average molecular weight is 472 g/mol. The number of carbonyl (C=O) groups is 1. The van der Waals surface area contributed by atoms with Gasteiger partial charge in [0, 0.05) is 31.4 Å². The molecule has 2 aromatic rings. The standard InChI is InChI=1S/C21H24F3N3O4S/c1-13-4-6-18(10-16(13)11-20(28)29)32(30,31)27-9-8-26(14(2)15(27)3)19-7-5-17(12-25-19)21(22,23)24/h4-7,10,12,14-15H,8-9,11H2,1-3H3,(H,28,29). The lowest BCUT2D eigenvalue weighted by atomic mass is 10.1. The normalized spacial score (nSPS) is 20.4. The molecule has 0 amide bonds. The number of halogens is 3. The zero-order chi connectivity index (χ0) is 23.8. The third kappa shape index (κ3) is 4.73. The fourth-order valence-electron chi connectivity index (χ4n) is 3.80. The van der Waals surface area contributed by atoms with Crippen LogP contribution in [0.3, 0.4) is 0 Å². The van der Waals surface area contributed by atoms with E-state index in [9.17, 15) is 26.4 Å². The number of nitrogens with zero attached hydrogens (tertiary/aromatic N) is 3. The molecule has 1 fully saturated rings. The van der Waals surface area contributed by atoms with Gasteiger partial charge in [0.2, 0.25) is 10.0 Å². The molecule has 1 aliphatic heterocycles. The molecular weight excluding hydrogens is 447 g/mol. The van der Waals surface area contributed by atoms with Gasteiger partial charge in [0.15, 0.2) is 0 Å². The lowest BCUT2D eigenvalue weighted by Crippen LogP contribution is -2.59. The summed E-state index contributed by atoms with van der Waals surface area (Å²) in [6.45, 7) is 5.59. The van der Waals surface area contributed by atoms with Gasteiger partial charge in [-0.1, -0.05) is 6.07 Å². The highest BCUT2D eigenvalue weighted by molar-refractivity contribution is 7.89. The molecule has 7 nitrogen and oxygen atoms in total. The molecule has 0 aliphatic carbocycles. The Morgan fingerprint density at radius 2 is 1.84 bits per heavy atom. The summed E-state index contributed by atoms with van der Waals surface area (Å²) >= 11 is 0. The van der Waals surface area contributed by atoms with Gasteiger partial charge < -0.3 is 10.0 Å². The molecule has 1 N–H and O–H groups in total. The van der Waals surface area contributed by atoms with E-state index in [1.54, 1.807) is 31.7 Å². The van der Waals surface area contributed by atoms with Gasteiger partial charge in [-0.3, -0.25) is 4.79 Å². The van der Waals surface area contributed by atoms with E-state index in [-0.39, 0.29) is 30.4 Å². The van der Waals surface area contributed by atoms with Crippen molar-refractivity contribution in [1.82, 2.24) is 9.29 Å². The second-order valence-electron chi connectivity index (χ2n) is 7.85. The molecule has 1 saturated heterocycles. The molecule has 2 unspecified atom stereocenters. The molecule has 2 heterocycles. The third-order valence-corrected chi connectivity index (χ3v) is 7.83. The Balaban J connectivity index is 1.84. The number of rotatable bonds is 5. The second kappa shape index (κ2) is 8.70. The van der Waals surface area contributed by atoms with Crippen molar-refractivity contribution >= 4 is 21.8 Å². The summed E-state index contributed by atoms with van der Waals surface area (Å²) < 4.78 is 66.4. The van der Waals surface area contributed by atoms with Crippen molar-refractivity contribution in [2.24, 2.45) is 0 Å². The number of aryl methyl sites for hydroxylation is 1.